The molecular weight excluding hydrogens is 817 g/mol. The van der Waals surface area contributed by atoms with Gasteiger partial charge in [-0.2, -0.15) is 0 Å². The van der Waals surface area contributed by atoms with Gasteiger partial charge in [-0.3, -0.25) is 9.59 Å². The average molecular weight is 877 g/mol. The fourth-order valence-corrected chi connectivity index (χ4v) is 8.21. The second-order valence-corrected chi connectivity index (χ2v) is 17.8. The summed E-state index contributed by atoms with van der Waals surface area (Å²) in [7, 11) is 1.32. The second-order valence-electron chi connectivity index (χ2n) is 17.8. The van der Waals surface area contributed by atoms with E-state index in [2.05, 4.69) is 90.6 Å². The van der Waals surface area contributed by atoms with E-state index in [-0.39, 0.29) is 11.8 Å². The van der Waals surface area contributed by atoms with E-state index in [0.717, 1.165) is 87.3 Å². The maximum atomic E-state index is 12.5. The summed E-state index contributed by atoms with van der Waals surface area (Å²) in [6.45, 7) is 9.40. The average Bonchev–Trinajstić information content (AvgIpc) is 4.27. The lowest BCUT2D eigenvalue weighted by Crippen LogP contribution is -2.48. The van der Waals surface area contributed by atoms with Gasteiger partial charge in [-0.1, -0.05) is 51.0 Å². The number of fused-ring (bicyclic) bond motifs is 2. The van der Waals surface area contributed by atoms with Crippen LogP contribution in [-0.2, 0) is 4.74 Å². The summed E-state index contributed by atoms with van der Waals surface area (Å²) in [5, 5.41) is 21.0. The molecule has 65 heavy (non-hydrogen) atoms. The molecule has 14 heteroatoms. The summed E-state index contributed by atoms with van der Waals surface area (Å²) in [4.78, 5) is 54.4. The molecule has 2 atom stereocenters. The number of nitrogens with zero attached hydrogens (tertiary/aromatic N) is 4. The number of hydrogen-bond acceptors (Lipinski definition) is 11. The van der Waals surface area contributed by atoms with Gasteiger partial charge < -0.3 is 36.6 Å². The van der Waals surface area contributed by atoms with Crippen LogP contribution in [0, 0.1) is 13.8 Å². The number of hydrogen-bond donors (Lipinski definition) is 6. The molecule has 3 saturated carbocycles. The number of aryl methyl sites for hydroxylation is 2. The van der Waals surface area contributed by atoms with Crippen LogP contribution in [0.15, 0.2) is 85.2 Å². The maximum absolute atomic E-state index is 12.5. The molecule has 9 rings (SSSR count). The quantitative estimate of drug-likeness (QED) is 0.0577. The summed E-state index contributed by atoms with van der Waals surface area (Å²) < 4.78 is 4.52. The number of carbonyl (C=O) groups is 3. The third-order valence-electron chi connectivity index (χ3n) is 12.1. The third kappa shape index (κ3) is 11.9. The molecule has 6 N–H and O–H groups in total. The largest absolute Gasteiger partial charge is 0.453 e. The molecule has 0 saturated heterocycles. The van der Waals surface area contributed by atoms with Crippen LogP contribution in [0.25, 0.3) is 44.1 Å². The van der Waals surface area contributed by atoms with Crippen molar-refractivity contribution in [2.45, 2.75) is 109 Å². The first-order valence-corrected chi connectivity index (χ1v) is 23.0. The minimum Gasteiger partial charge on any atom is -0.453 e. The second kappa shape index (κ2) is 20.4. The zero-order chi connectivity index (χ0) is 45.5. The molecule has 338 valence electrons. The maximum Gasteiger partial charge on any atom is 0.406 e. The lowest BCUT2D eigenvalue weighted by atomic mass is 9.90. The molecule has 3 aliphatic rings. The van der Waals surface area contributed by atoms with Gasteiger partial charge in [-0.15, -0.1) is 0 Å². The molecule has 0 aliphatic heterocycles. The fourth-order valence-electron chi connectivity index (χ4n) is 8.21. The van der Waals surface area contributed by atoms with Crippen LogP contribution in [0.4, 0.5) is 16.7 Å². The number of nitrogens with one attached hydrogen (secondary N) is 6. The Hall–Kier alpha value is -6.67. The minimum absolute atomic E-state index is 0.0107. The molecular formula is C51H60N10O4. The predicted octanol–water partition coefficient (Wildman–Crippen LogP) is 8.48. The zero-order valence-corrected chi connectivity index (χ0v) is 38.0. The highest BCUT2D eigenvalue weighted by Crippen LogP contribution is 2.31. The van der Waals surface area contributed by atoms with Crippen molar-refractivity contribution in [3.05, 3.63) is 107 Å². The van der Waals surface area contributed by atoms with Crippen LogP contribution in [0.1, 0.15) is 97.1 Å². The molecule has 0 radical (unpaired) electrons. The summed E-state index contributed by atoms with van der Waals surface area (Å²) in [6.07, 6.45) is 12.3. The van der Waals surface area contributed by atoms with Gasteiger partial charge in [0.15, 0.2) is 0 Å². The van der Waals surface area contributed by atoms with E-state index in [9.17, 15) is 14.4 Å². The number of amides is 3. The molecule has 0 spiro atoms. The Bertz CT molecular complexity index is 2680. The first-order chi connectivity index (χ1) is 31.5. The van der Waals surface area contributed by atoms with Gasteiger partial charge in [-0.05, 0) is 134 Å². The first kappa shape index (κ1) is 44.9. The van der Waals surface area contributed by atoms with Gasteiger partial charge >= 0.3 is 6.09 Å². The van der Waals surface area contributed by atoms with Crippen molar-refractivity contribution >= 4 is 51.6 Å². The van der Waals surface area contributed by atoms with Crippen molar-refractivity contribution < 1.29 is 19.1 Å². The first-order valence-electron chi connectivity index (χ1n) is 23.0. The van der Waals surface area contributed by atoms with Crippen LogP contribution < -0.4 is 31.9 Å². The van der Waals surface area contributed by atoms with Gasteiger partial charge in [-0.25, -0.2) is 24.7 Å². The minimum atomic E-state index is -0.474. The number of methoxy groups -OCH3 is 1. The predicted molar refractivity (Wildman–Crippen MR) is 257 cm³/mol. The summed E-state index contributed by atoms with van der Waals surface area (Å²) in [6, 6.07) is 25.9. The molecule has 2 aromatic heterocycles. The van der Waals surface area contributed by atoms with Crippen molar-refractivity contribution in [2.24, 2.45) is 0 Å². The molecule has 3 fully saturated rings. The standard InChI is InChI=1S/C28H35N5O.C23H25N5O3/c1-17(2)30-25-6-4-5-7-26(25)33-28-29-16-21-14-19(10-13-24(21)32-28)23-15-20(9-8-18(23)3)27(34)31-22-11-12-22;1-14-3-4-16(21(29)27-18-6-7-18)12-19(14)15-5-8-20-17(11-15)13-26-22(28-20)24-9-10-25-23(30)31-2/h8-10,13-17,22,25-26,30H,4-7,11-12H2,1-3H3,(H,31,34)(H,29,32,33);3-5,8,11-13,18H,6-7,9-10H2,1-2H3,(H,25,30)(H,27,29)(H,24,26,28)/t25-,26-;/m1./s1. The summed E-state index contributed by atoms with van der Waals surface area (Å²) in [5.74, 6) is 1.17. The topological polar surface area (TPSA) is 184 Å². The summed E-state index contributed by atoms with van der Waals surface area (Å²) >= 11 is 0. The monoisotopic (exact) mass is 876 g/mol. The van der Waals surface area contributed by atoms with Gasteiger partial charge in [0.25, 0.3) is 11.8 Å². The van der Waals surface area contributed by atoms with E-state index in [1.807, 2.05) is 67.7 Å². The number of benzene rings is 4. The number of anilines is 2. The van der Waals surface area contributed by atoms with Gasteiger partial charge in [0.2, 0.25) is 11.9 Å². The Balaban J connectivity index is 0.000000178. The number of ether oxygens (including phenoxy) is 1. The van der Waals surface area contributed by atoms with Crippen molar-refractivity contribution in [3.63, 3.8) is 0 Å². The van der Waals surface area contributed by atoms with Crippen LogP contribution in [-0.4, -0.2) is 88.3 Å². The summed E-state index contributed by atoms with van der Waals surface area (Å²) in [5.41, 5.74) is 9.51. The Morgan fingerprint density at radius 3 is 1.69 bits per heavy atom. The molecule has 2 heterocycles. The zero-order valence-electron chi connectivity index (χ0n) is 38.0. The van der Waals surface area contributed by atoms with E-state index >= 15 is 0 Å². The lowest BCUT2D eigenvalue weighted by Gasteiger charge is -2.34. The Labute approximate surface area is 380 Å². The fraction of sp³-hybridized carbons (Fsp3) is 0.392. The Morgan fingerprint density at radius 1 is 0.646 bits per heavy atom. The number of aromatic nitrogens is 4. The van der Waals surface area contributed by atoms with E-state index in [1.165, 1.54) is 26.4 Å². The third-order valence-corrected chi connectivity index (χ3v) is 12.1. The van der Waals surface area contributed by atoms with E-state index in [4.69, 9.17) is 4.98 Å². The molecule has 3 aliphatic carbocycles. The van der Waals surface area contributed by atoms with Crippen molar-refractivity contribution in [1.82, 2.24) is 41.2 Å². The smallest absolute Gasteiger partial charge is 0.406 e. The van der Waals surface area contributed by atoms with Crippen LogP contribution >= 0.6 is 0 Å². The molecule has 0 bridgehead atoms. The highest BCUT2D eigenvalue weighted by Gasteiger charge is 2.27. The van der Waals surface area contributed by atoms with E-state index in [1.54, 1.807) is 6.20 Å². The number of rotatable bonds is 14. The normalized spacial score (nSPS) is 16.9. The van der Waals surface area contributed by atoms with Crippen LogP contribution in [0.3, 0.4) is 0 Å². The van der Waals surface area contributed by atoms with Crippen LogP contribution in [0.5, 0.6) is 0 Å². The van der Waals surface area contributed by atoms with E-state index < -0.39 is 6.09 Å². The van der Waals surface area contributed by atoms with Crippen LogP contribution in [0.2, 0.25) is 0 Å². The molecule has 6 aromatic rings. The molecule has 0 unspecified atom stereocenters. The highest BCUT2D eigenvalue weighted by molar-refractivity contribution is 5.97. The van der Waals surface area contributed by atoms with Crippen molar-refractivity contribution in [2.75, 3.05) is 30.8 Å². The molecule has 14 nitrogen and oxygen atoms in total. The molecule has 3 amide bonds. The Kier molecular flexibility index (Phi) is 14.1. The SMILES string of the molecule is COC(=O)NCCNc1ncc2cc(-c3cc(C(=O)NC4CC4)ccc3C)ccc2n1.Cc1ccc(C(=O)NC2CC2)cc1-c1ccc2nc(N[C@@H]3CCCC[C@H]3NC(C)C)ncc2c1. The van der Waals surface area contributed by atoms with Gasteiger partial charge in [0.05, 0.1) is 18.1 Å². The van der Waals surface area contributed by atoms with Crippen molar-refractivity contribution in [1.29, 1.82) is 0 Å². The van der Waals surface area contributed by atoms with Gasteiger partial charge in [0.1, 0.15) is 0 Å². The van der Waals surface area contributed by atoms with E-state index in [0.29, 0.717) is 66.3 Å². The highest BCUT2D eigenvalue weighted by atomic mass is 16.5. The lowest BCUT2D eigenvalue weighted by molar-refractivity contribution is 0.0942. The van der Waals surface area contributed by atoms with Crippen molar-refractivity contribution in [3.8, 4) is 22.3 Å². The number of carbonyl (C=O) groups excluding carboxylic acids is 3. The Morgan fingerprint density at radius 2 is 1.17 bits per heavy atom. The van der Waals surface area contributed by atoms with Gasteiger partial charge in [0, 0.05) is 77.6 Å². The molecule has 4 aromatic carbocycles. The number of alkyl carbamates (subject to hydrolysis) is 1.